The van der Waals surface area contributed by atoms with Gasteiger partial charge in [0.2, 0.25) is 0 Å². The van der Waals surface area contributed by atoms with Gasteiger partial charge >= 0.3 is 7.12 Å². The molecule has 0 saturated carbocycles. The minimum Gasteiger partial charge on any atom is -0.399 e. The van der Waals surface area contributed by atoms with Crippen LogP contribution in [-0.4, -0.2) is 48.5 Å². The molecule has 1 fully saturated rings. The van der Waals surface area contributed by atoms with Gasteiger partial charge in [-0.3, -0.25) is 14.2 Å². The molecule has 2 heterocycles. The van der Waals surface area contributed by atoms with Gasteiger partial charge in [-0.25, -0.2) is 17.2 Å². The predicted molar refractivity (Wildman–Crippen MR) is 175 cm³/mol. The molecule has 0 aliphatic carbocycles. The summed E-state index contributed by atoms with van der Waals surface area (Å²) < 4.78 is 70.6. The van der Waals surface area contributed by atoms with Crippen LogP contribution in [0.3, 0.4) is 0 Å². The first-order chi connectivity index (χ1) is 20.6. The fourth-order valence-electron chi connectivity index (χ4n) is 4.90. The van der Waals surface area contributed by atoms with E-state index in [1.165, 1.54) is 42.1 Å². The molecular formula is C30H37BBrClF2N4O5S. The average molecular weight is 730 g/mol. The molecule has 4 rings (SSSR count). The standard InChI is InChI=1S/C30H37BBrClF2N4O5S/c1-17(36-27(40)24-23(25(32)37-39(24)8)38-45(41,42)20-12-10-19(33)11-13-20)28(2,3)16-18-9-14-22(21(15-18)26(34)35)31-43-29(4,5)30(6,7)44-31/h9-15,17,26,38H,16H2,1-8H3,(H,36,40)/t17-/m0/s1. The summed E-state index contributed by atoms with van der Waals surface area (Å²) in [5, 5.41) is 7.49. The van der Waals surface area contributed by atoms with Crippen LogP contribution in [0.15, 0.2) is 52.0 Å². The van der Waals surface area contributed by atoms with E-state index < -0.39 is 52.1 Å². The Labute approximate surface area is 276 Å². The Hall–Kier alpha value is -2.52. The molecule has 0 radical (unpaired) electrons. The molecule has 0 unspecified atom stereocenters. The summed E-state index contributed by atoms with van der Waals surface area (Å²) in [6, 6.07) is 9.96. The largest absolute Gasteiger partial charge is 0.495 e. The number of aryl methyl sites for hydroxylation is 1. The lowest BCUT2D eigenvalue weighted by Gasteiger charge is -2.33. The van der Waals surface area contributed by atoms with Gasteiger partial charge in [0.15, 0.2) is 10.3 Å². The second kappa shape index (κ2) is 12.6. The van der Waals surface area contributed by atoms with Crippen LogP contribution < -0.4 is 15.5 Å². The van der Waals surface area contributed by atoms with Crippen molar-refractivity contribution >= 4 is 61.7 Å². The summed E-state index contributed by atoms with van der Waals surface area (Å²) in [5.41, 5.74) is -1.26. The fourth-order valence-corrected chi connectivity index (χ4v) is 6.75. The molecule has 3 aromatic rings. The Morgan fingerprint density at radius 2 is 1.69 bits per heavy atom. The first-order valence-corrected chi connectivity index (χ1v) is 16.9. The number of alkyl halides is 2. The van der Waals surface area contributed by atoms with Crippen molar-refractivity contribution in [2.75, 3.05) is 4.72 Å². The fraction of sp³-hybridized carbons (Fsp3) is 0.467. The zero-order valence-electron chi connectivity index (χ0n) is 26.3. The predicted octanol–water partition coefficient (Wildman–Crippen LogP) is 6.26. The van der Waals surface area contributed by atoms with Crippen molar-refractivity contribution in [2.45, 2.75) is 83.5 Å². The van der Waals surface area contributed by atoms with Gasteiger partial charge in [0.05, 0.1) is 16.1 Å². The van der Waals surface area contributed by atoms with Gasteiger partial charge in [-0.2, -0.15) is 5.10 Å². The van der Waals surface area contributed by atoms with Crippen molar-refractivity contribution in [2.24, 2.45) is 12.5 Å². The molecule has 0 bridgehead atoms. The molecule has 1 amide bonds. The van der Waals surface area contributed by atoms with Crippen LogP contribution >= 0.6 is 27.5 Å². The SMILES string of the molecule is C[C@H](NC(=O)c1c(NS(=O)(=O)c2ccc(Cl)cc2)c(Br)nn1C)C(C)(C)Cc1ccc(B2OC(C)(C)C(C)(C)O2)c(C(F)F)c1. The number of hydrogen-bond donors (Lipinski definition) is 2. The van der Waals surface area contributed by atoms with Gasteiger partial charge in [-0.1, -0.05) is 43.6 Å². The summed E-state index contributed by atoms with van der Waals surface area (Å²) in [6.07, 6.45) is -2.40. The number of carbonyl (C=O) groups excluding carboxylic acids is 1. The van der Waals surface area contributed by atoms with Gasteiger partial charge in [0, 0.05) is 23.7 Å². The van der Waals surface area contributed by atoms with Crippen LogP contribution in [0.2, 0.25) is 5.02 Å². The van der Waals surface area contributed by atoms with Gasteiger partial charge in [0.25, 0.3) is 22.4 Å². The van der Waals surface area contributed by atoms with Crippen LogP contribution in [0.5, 0.6) is 0 Å². The molecule has 1 aromatic heterocycles. The Morgan fingerprint density at radius 3 is 2.24 bits per heavy atom. The highest BCUT2D eigenvalue weighted by Crippen LogP contribution is 2.38. The van der Waals surface area contributed by atoms with E-state index in [-0.39, 0.29) is 31.9 Å². The molecule has 1 aliphatic heterocycles. The second-order valence-electron chi connectivity index (χ2n) is 12.9. The highest BCUT2D eigenvalue weighted by molar-refractivity contribution is 9.10. The van der Waals surface area contributed by atoms with E-state index in [1.807, 2.05) is 41.5 Å². The monoisotopic (exact) mass is 728 g/mol. The third-order valence-electron chi connectivity index (χ3n) is 8.65. The number of sulfonamides is 1. The quantitative estimate of drug-likeness (QED) is 0.239. The maximum Gasteiger partial charge on any atom is 0.495 e. The maximum atomic E-state index is 14.3. The zero-order valence-corrected chi connectivity index (χ0v) is 29.5. The average Bonchev–Trinajstić information content (AvgIpc) is 3.31. The van der Waals surface area contributed by atoms with E-state index in [9.17, 15) is 22.0 Å². The first-order valence-electron chi connectivity index (χ1n) is 14.2. The molecule has 244 valence electrons. The van der Waals surface area contributed by atoms with Crippen molar-refractivity contribution < 1.29 is 31.3 Å². The van der Waals surface area contributed by atoms with E-state index in [0.717, 1.165) is 0 Å². The van der Waals surface area contributed by atoms with E-state index in [0.29, 0.717) is 17.0 Å². The summed E-state index contributed by atoms with van der Waals surface area (Å²) in [7, 11) is -3.49. The number of rotatable bonds is 10. The number of hydrogen-bond acceptors (Lipinski definition) is 6. The van der Waals surface area contributed by atoms with E-state index in [2.05, 4.69) is 31.1 Å². The molecule has 45 heavy (non-hydrogen) atoms. The van der Waals surface area contributed by atoms with Crippen molar-refractivity contribution in [1.82, 2.24) is 15.1 Å². The normalized spacial score (nSPS) is 17.0. The Morgan fingerprint density at radius 1 is 1.11 bits per heavy atom. The number of anilines is 1. The lowest BCUT2D eigenvalue weighted by atomic mass is 9.73. The number of benzene rings is 2. The highest BCUT2D eigenvalue weighted by Gasteiger charge is 2.52. The van der Waals surface area contributed by atoms with E-state index in [4.69, 9.17) is 20.9 Å². The Bertz CT molecular complexity index is 1680. The molecule has 1 saturated heterocycles. The number of aromatic nitrogens is 2. The molecule has 9 nitrogen and oxygen atoms in total. The molecule has 15 heteroatoms. The van der Waals surface area contributed by atoms with Crippen LogP contribution in [0.4, 0.5) is 14.5 Å². The van der Waals surface area contributed by atoms with Gasteiger partial charge in [0.1, 0.15) is 5.69 Å². The first kappa shape index (κ1) is 35.3. The molecule has 1 atom stereocenters. The van der Waals surface area contributed by atoms with Crippen LogP contribution in [0.25, 0.3) is 0 Å². The minimum absolute atomic E-state index is 0.0196. The minimum atomic E-state index is -4.08. The Balaban J connectivity index is 1.53. The number of nitrogens with one attached hydrogen (secondary N) is 2. The maximum absolute atomic E-state index is 14.3. The van der Waals surface area contributed by atoms with Crippen molar-refractivity contribution in [3.05, 3.63) is 68.9 Å². The smallest absolute Gasteiger partial charge is 0.399 e. The third-order valence-corrected chi connectivity index (χ3v) is 10.8. The topological polar surface area (TPSA) is 112 Å². The lowest BCUT2D eigenvalue weighted by molar-refractivity contribution is 0.00578. The van der Waals surface area contributed by atoms with Crippen molar-refractivity contribution in [1.29, 1.82) is 0 Å². The van der Waals surface area contributed by atoms with Gasteiger partial charge < -0.3 is 14.6 Å². The molecule has 0 spiro atoms. The molecule has 1 aliphatic rings. The number of amides is 1. The highest BCUT2D eigenvalue weighted by atomic mass is 79.9. The summed E-state index contributed by atoms with van der Waals surface area (Å²) in [5.74, 6) is -0.575. The van der Waals surface area contributed by atoms with E-state index >= 15 is 0 Å². The van der Waals surface area contributed by atoms with Crippen LogP contribution in [-0.2, 0) is 32.8 Å². The van der Waals surface area contributed by atoms with Crippen molar-refractivity contribution in [3.63, 3.8) is 0 Å². The van der Waals surface area contributed by atoms with Gasteiger partial charge in [-0.15, -0.1) is 0 Å². The number of nitrogens with zero attached hydrogens (tertiary/aromatic N) is 2. The Kier molecular flexibility index (Phi) is 9.89. The summed E-state index contributed by atoms with van der Waals surface area (Å²) in [4.78, 5) is 13.5. The number of carbonyl (C=O) groups is 1. The summed E-state index contributed by atoms with van der Waals surface area (Å²) in [6.45, 7) is 13.1. The molecule has 2 N–H and O–H groups in total. The van der Waals surface area contributed by atoms with Crippen LogP contribution in [0, 0.1) is 5.41 Å². The lowest BCUT2D eigenvalue weighted by Crippen LogP contribution is -2.44. The van der Waals surface area contributed by atoms with Crippen molar-refractivity contribution in [3.8, 4) is 0 Å². The zero-order chi connectivity index (χ0) is 33.7. The van der Waals surface area contributed by atoms with E-state index in [1.54, 1.807) is 19.1 Å². The second-order valence-corrected chi connectivity index (χ2v) is 15.8. The molecular weight excluding hydrogens is 693 g/mol. The third kappa shape index (κ3) is 7.40. The summed E-state index contributed by atoms with van der Waals surface area (Å²) >= 11 is 9.14. The van der Waals surface area contributed by atoms with Gasteiger partial charge in [-0.05, 0) is 97.7 Å². The molecule has 2 aromatic carbocycles. The number of halogens is 4. The van der Waals surface area contributed by atoms with Crippen LogP contribution in [0.1, 0.15) is 76.5 Å².